The van der Waals surface area contributed by atoms with Crippen LogP contribution in [-0.4, -0.2) is 28.5 Å². The molecule has 0 aromatic heterocycles. The van der Waals surface area contributed by atoms with Crippen molar-refractivity contribution in [1.82, 2.24) is 0 Å². The molecule has 0 amide bonds. The third-order valence-electron chi connectivity index (χ3n) is 1.37. The second kappa shape index (κ2) is 7.28. The summed E-state index contributed by atoms with van der Waals surface area (Å²) in [6, 6.07) is 0. The molecule has 0 aliphatic rings. The van der Waals surface area contributed by atoms with Crippen LogP contribution in [0.25, 0.3) is 0 Å². The molecular formula is C10H14Cl2O4Sn. The zero-order valence-corrected chi connectivity index (χ0v) is 14.4. The molecule has 0 rings (SSSR count). The van der Waals surface area contributed by atoms with Gasteiger partial charge >= 0.3 is 113 Å². The number of allylic oxidation sites excluding steroid dienone is 4. The number of hydrogen-bond donors (Lipinski definition) is 0. The Labute approximate surface area is 113 Å². The number of rotatable bonds is 6. The Morgan fingerprint density at radius 1 is 0.882 bits per heavy atom. The molecule has 96 valence electrons. The Balaban J connectivity index is 4.59. The van der Waals surface area contributed by atoms with E-state index in [0.717, 1.165) is 0 Å². The fraction of sp³-hybridized carbons (Fsp3) is 0.400. The van der Waals surface area contributed by atoms with Gasteiger partial charge in [-0.15, -0.1) is 0 Å². The van der Waals surface area contributed by atoms with Crippen LogP contribution in [0.1, 0.15) is 27.7 Å². The summed E-state index contributed by atoms with van der Waals surface area (Å²) in [5.74, 6) is 0.255. The van der Waals surface area contributed by atoms with E-state index < -0.39 is 17.0 Å². The van der Waals surface area contributed by atoms with Crippen molar-refractivity contribution in [3.8, 4) is 0 Å². The van der Waals surface area contributed by atoms with Gasteiger partial charge in [0.25, 0.3) is 0 Å². The van der Waals surface area contributed by atoms with E-state index >= 15 is 0 Å². The number of carbonyl (C=O) groups excluding carboxylic acids is 2. The summed E-state index contributed by atoms with van der Waals surface area (Å²) in [5.41, 5.74) is 0. The van der Waals surface area contributed by atoms with E-state index in [0.29, 0.717) is 11.5 Å². The Morgan fingerprint density at radius 2 is 1.18 bits per heavy atom. The maximum absolute atomic E-state index is 10.8. The van der Waals surface area contributed by atoms with Crippen LogP contribution in [0.15, 0.2) is 23.7 Å². The molecule has 0 aliphatic carbocycles. The number of ketones is 2. The molecule has 0 heterocycles. The van der Waals surface area contributed by atoms with E-state index in [1.807, 2.05) is 0 Å². The zero-order chi connectivity index (χ0) is 13.6. The van der Waals surface area contributed by atoms with Gasteiger partial charge in [-0.25, -0.2) is 0 Å². The fourth-order valence-corrected chi connectivity index (χ4v) is 6.89. The molecule has 0 saturated carbocycles. The molecule has 0 atom stereocenters. The minimum atomic E-state index is -4.22. The van der Waals surface area contributed by atoms with Crippen molar-refractivity contribution < 1.29 is 15.7 Å². The van der Waals surface area contributed by atoms with Crippen molar-refractivity contribution in [3.05, 3.63) is 23.7 Å². The molecule has 0 bridgehead atoms. The second-order valence-electron chi connectivity index (χ2n) is 3.40. The molecule has 0 saturated heterocycles. The van der Waals surface area contributed by atoms with Gasteiger partial charge in [-0.3, -0.25) is 0 Å². The van der Waals surface area contributed by atoms with Gasteiger partial charge in [0.15, 0.2) is 0 Å². The standard InChI is InChI=1S/2C5H8O2.2ClH.Sn/c2*1-4(6)3-5(2)7;;;/h2*3,6H,1-2H3;2*1H;/q;;;;+4/p-4. The SMILES string of the molecule is CC(=O)C=C(C)[O][Sn]([Cl])([Cl])[O]C(C)=CC(C)=O. The van der Waals surface area contributed by atoms with Crippen LogP contribution in [0.3, 0.4) is 0 Å². The predicted molar refractivity (Wildman–Crippen MR) is 68.5 cm³/mol. The van der Waals surface area contributed by atoms with Crippen LogP contribution in [0.5, 0.6) is 0 Å². The summed E-state index contributed by atoms with van der Waals surface area (Å²) in [6.45, 7) is 5.89. The molecule has 17 heavy (non-hydrogen) atoms. The first-order valence-electron chi connectivity index (χ1n) is 4.76. The van der Waals surface area contributed by atoms with Crippen molar-refractivity contribution in [3.63, 3.8) is 0 Å². The molecule has 4 nitrogen and oxygen atoms in total. The fourth-order valence-electron chi connectivity index (χ4n) is 1.03. The van der Waals surface area contributed by atoms with E-state index in [1.165, 1.54) is 26.0 Å². The van der Waals surface area contributed by atoms with Crippen LogP contribution >= 0.6 is 17.8 Å². The van der Waals surface area contributed by atoms with Crippen molar-refractivity contribution in [2.24, 2.45) is 0 Å². The van der Waals surface area contributed by atoms with Gasteiger partial charge in [0, 0.05) is 0 Å². The quantitative estimate of drug-likeness (QED) is 0.399. The maximum atomic E-state index is 10.8. The molecule has 0 fully saturated rings. The molecule has 0 radical (unpaired) electrons. The molecular weight excluding hydrogens is 374 g/mol. The second-order valence-corrected chi connectivity index (χ2v) is 15.2. The Bertz CT molecular complexity index is 341. The summed E-state index contributed by atoms with van der Waals surface area (Å²) in [6.07, 6.45) is 2.54. The van der Waals surface area contributed by atoms with Crippen LogP contribution in [-0.2, 0) is 15.7 Å². The molecule has 0 spiro atoms. The van der Waals surface area contributed by atoms with Crippen LogP contribution in [0.2, 0.25) is 0 Å². The third-order valence-corrected chi connectivity index (χ3v) is 6.64. The first-order chi connectivity index (χ1) is 7.62. The normalized spacial score (nSPS) is 13.3. The zero-order valence-electron chi connectivity index (χ0n) is 10.0. The molecule has 0 aromatic rings. The minimum absolute atomic E-state index is 0.172. The molecule has 0 unspecified atom stereocenters. The van der Waals surface area contributed by atoms with E-state index in [2.05, 4.69) is 0 Å². The summed E-state index contributed by atoms with van der Waals surface area (Å²) >= 11 is -4.22. The average Bonchev–Trinajstić information content (AvgIpc) is 1.95. The number of hydrogen-bond acceptors (Lipinski definition) is 4. The van der Waals surface area contributed by atoms with Crippen molar-refractivity contribution in [2.75, 3.05) is 0 Å². The van der Waals surface area contributed by atoms with E-state index in [1.54, 1.807) is 13.8 Å². The van der Waals surface area contributed by atoms with Crippen molar-refractivity contribution in [1.29, 1.82) is 0 Å². The number of carbonyl (C=O) groups is 2. The summed E-state index contributed by atoms with van der Waals surface area (Å²) in [5, 5.41) is 0. The van der Waals surface area contributed by atoms with Crippen LogP contribution in [0.4, 0.5) is 0 Å². The summed E-state index contributed by atoms with van der Waals surface area (Å²) < 4.78 is 10.4. The first kappa shape index (κ1) is 16.8. The average molecular weight is 388 g/mol. The molecule has 0 aromatic carbocycles. The first-order valence-corrected chi connectivity index (χ1v) is 14.3. The van der Waals surface area contributed by atoms with E-state index in [-0.39, 0.29) is 11.6 Å². The Kier molecular flexibility index (Phi) is 7.20. The monoisotopic (exact) mass is 388 g/mol. The topological polar surface area (TPSA) is 52.6 Å². The van der Waals surface area contributed by atoms with Gasteiger partial charge in [0.2, 0.25) is 0 Å². The van der Waals surface area contributed by atoms with Crippen LogP contribution < -0.4 is 0 Å². The van der Waals surface area contributed by atoms with E-state index in [9.17, 15) is 9.59 Å². The van der Waals surface area contributed by atoms with Crippen molar-refractivity contribution in [2.45, 2.75) is 27.7 Å². The van der Waals surface area contributed by atoms with Gasteiger partial charge < -0.3 is 0 Å². The summed E-state index contributed by atoms with van der Waals surface area (Å²) in [7, 11) is 11.8. The third kappa shape index (κ3) is 9.50. The van der Waals surface area contributed by atoms with Gasteiger partial charge in [0.05, 0.1) is 0 Å². The Morgan fingerprint density at radius 3 is 1.41 bits per heavy atom. The van der Waals surface area contributed by atoms with Crippen molar-refractivity contribution >= 4 is 46.4 Å². The van der Waals surface area contributed by atoms with Crippen LogP contribution in [0, 0.1) is 0 Å². The molecule has 0 aliphatic heterocycles. The van der Waals surface area contributed by atoms with Gasteiger partial charge in [-0.2, -0.15) is 0 Å². The number of halogens is 2. The molecule has 7 heteroatoms. The Hall–Kier alpha value is -0.201. The predicted octanol–water partition coefficient (Wildman–Crippen LogP) is 2.92. The summed E-state index contributed by atoms with van der Waals surface area (Å²) in [4.78, 5) is 21.6. The van der Waals surface area contributed by atoms with Gasteiger partial charge in [-0.1, -0.05) is 0 Å². The van der Waals surface area contributed by atoms with E-state index in [4.69, 9.17) is 24.0 Å². The van der Waals surface area contributed by atoms with Gasteiger partial charge in [0.1, 0.15) is 0 Å². The molecule has 0 N–H and O–H groups in total. The van der Waals surface area contributed by atoms with Gasteiger partial charge in [-0.05, 0) is 0 Å².